The molecule has 0 saturated carbocycles. The molecule has 1 aromatic rings. The molecule has 0 N–H and O–H groups in total. The first-order chi connectivity index (χ1) is 7.74. The molecule has 0 unspecified atom stereocenters. The zero-order chi connectivity index (χ0) is 11.8. The highest BCUT2D eigenvalue weighted by Gasteiger charge is 2.01. The highest BCUT2D eigenvalue weighted by molar-refractivity contribution is 14.1. The lowest BCUT2D eigenvalue weighted by Gasteiger charge is -1.99. The molecule has 0 spiro atoms. The third kappa shape index (κ3) is 4.92. The van der Waals surface area contributed by atoms with E-state index in [1.54, 1.807) is 6.08 Å². The fourth-order valence-corrected chi connectivity index (χ4v) is 2.15. The topological polar surface area (TPSA) is 17.1 Å². The highest BCUT2D eigenvalue weighted by Crippen LogP contribution is 2.21. The Labute approximate surface area is 111 Å². The fourth-order valence-electron chi connectivity index (χ4n) is 1.44. The Hall–Kier alpha value is -0.640. The van der Waals surface area contributed by atoms with Crippen molar-refractivity contribution >= 4 is 32.0 Å². The smallest absolute Gasteiger partial charge is 0.156 e. The molecule has 0 aromatic heterocycles. The quantitative estimate of drug-likeness (QED) is 0.423. The van der Waals surface area contributed by atoms with Gasteiger partial charge in [-0.2, -0.15) is 0 Å². The van der Waals surface area contributed by atoms with Gasteiger partial charge < -0.3 is 0 Å². The Morgan fingerprint density at radius 1 is 1.25 bits per heavy atom. The van der Waals surface area contributed by atoms with E-state index in [0.717, 1.165) is 28.4 Å². The van der Waals surface area contributed by atoms with E-state index in [0.29, 0.717) is 6.42 Å². The summed E-state index contributed by atoms with van der Waals surface area (Å²) in [6.45, 7) is 2.15. The zero-order valence-corrected chi connectivity index (χ0v) is 11.7. The first kappa shape index (κ1) is 13.4. The van der Waals surface area contributed by atoms with Crippen molar-refractivity contribution < 1.29 is 4.79 Å². The van der Waals surface area contributed by atoms with Crippen molar-refractivity contribution in [3.63, 3.8) is 0 Å². The predicted octanol–water partition coefficient (Wildman–Crippen LogP) is 4.61. The molecule has 0 aliphatic carbocycles. The van der Waals surface area contributed by atoms with Crippen molar-refractivity contribution in [2.75, 3.05) is 0 Å². The van der Waals surface area contributed by atoms with Gasteiger partial charge in [-0.3, -0.25) is 4.79 Å². The number of rotatable bonds is 6. The zero-order valence-electron chi connectivity index (χ0n) is 9.58. The largest absolute Gasteiger partial charge is 0.295 e. The molecule has 86 valence electrons. The second-order valence-electron chi connectivity index (χ2n) is 3.78. The average molecular weight is 328 g/mol. The Morgan fingerprint density at radius 3 is 2.56 bits per heavy atom. The predicted molar refractivity (Wildman–Crippen MR) is 77.6 cm³/mol. The Bertz CT molecular complexity index is 354. The van der Waals surface area contributed by atoms with Gasteiger partial charge in [0.05, 0.1) is 0 Å². The number of halogens is 1. The SMILES string of the molecule is CCCCCC(=O)/C=C(/I)c1ccccc1. The van der Waals surface area contributed by atoms with Crippen molar-refractivity contribution in [3.05, 3.63) is 42.0 Å². The summed E-state index contributed by atoms with van der Waals surface area (Å²) in [6.07, 6.45) is 5.73. The number of hydrogen-bond acceptors (Lipinski definition) is 1. The molecule has 16 heavy (non-hydrogen) atoms. The number of allylic oxidation sites excluding steroid dienone is 1. The van der Waals surface area contributed by atoms with Crippen LogP contribution in [0.3, 0.4) is 0 Å². The lowest BCUT2D eigenvalue weighted by Crippen LogP contribution is -1.93. The maximum absolute atomic E-state index is 11.6. The van der Waals surface area contributed by atoms with Crippen molar-refractivity contribution in [1.82, 2.24) is 0 Å². The van der Waals surface area contributed by atoms with Crippen LogP contribution in [0.5, 0.6) is 0 Å². The molecule has 0 bridgehead atoms. The first-order valence-corrected chi connectivity index (χ1v) is 6.77. The van der Waals surface area contributed by atoms with Gasteiger partial charge in [-0.1, -0.05) is 50.1 Å². The summed E-state index contributed by atoms with van der Waals surface area (Å²) in [5.41, 5.74) is 1.12. The van der Waals surface area contributed by atoms with Crippen molar-refractivity contribution in [3.8, 4) is 0 Å². The van der Waals surface area contributed by atoms with Crippen LogP contribution < -0.4 is 0 Å². The van der Waals surface area contributed by atoms with E-state index in [4.69, 9.17) is 0 Å². The number of carbonyl (C=O) groups is 1. The summed E-state index contributed by atoms with van der Waals surface area (Å²) < 4.78 is 1.03. The fraction of sp³-hybridized carbons (Fsp3) is 0.357. The van der Waals surface area contributed by atoms with Gasteiger partial charge in [-0.25, -0.2) is 0 Å². The number of unbranched alkanes of at least 4 members (excludes halogenated alkanes) is 2. The number of ketones is 1. The second kappa shape index (κ2) is 7.60. The maximum atomic E-state index is 11.6. The molecule has 0 aliphatic rings. The summed E-state index contributed by atoms with van der Waals surface area (Å²) in [5, 5.41) is 0. The van der Waals surface area contributed by atoms with Crippen LogP contribution in [-0.2, 0) is 4.79 Å². The van der Waals surface area contributed by atoms with Crippen LogP contribution in [0.25, 0.3) is 3.58 Å². The van der Waals surface area contributed by atoms with Crippen LogP contribution >= 0.6 is 22.6 Å². The molecule has 0 radical (unpaired) electrons. The Kier molecular flexibility index (Phi) is 6.38. The van der Waals surface area contributed by atoms with E-state index in [9.17, 15) is 4.79 Å². The molecule has 0 heterocycles. The monoisotopic (exact) mass is 328 g/mol. The normalized spacial score (nSPS) is 11.5. The van der Waals surface area contributed by atoms with Crippen LogP contribution in [0, 0.1) is 0 Å². The molecular formula is C14H17IO. The van der Waals surface area contributed by atoms with Crippen LogP contribution in [0.15, 0.2) is 36.4 Å². The third-order valence-corrected chi connectivity index (χ3v) is 3.30. The minimum atomic E-state index is 0.238. The summed E-state index contributed by atoms with van der Waals surface area (Å²) in [5.74, 6) is 0.238. The van der Waals surface area contributed by atoms with E-state index in [1.807, 2.05) is 30.3 Å². The summed E-state index contributed by atoms with van der Waals surface area (Å²) >= 11 is 2.22. The van der Waals surface area contributed by atoms with Crippen molar-refractivity contribution in [1.29, 1.82) is 0 Å². The van der Waals surface area contributed by atoms with Crippen LogP contribution in [0.4, 0.5) is 0 Å². The van der Waals surface area contributed by atoms with Crippen molar-refractivity contribution in [2.24, 2.45) is 0 Å². The average Bonchev–Trinajstić information content (AvgIpc) is 2.30. The Morgan fingerprint density at radius 2 is 1.94 bits per heavy atom. The lowest BCUT2D eigenvalue weighted by molar-refractivity contribution is -0.114. The second-order valence-corrected chi connectivity index (χ2v) is 4.94. The van der Waals surface area contributed by atoms with Gasteiger partial charge in [-0.05, 0) is 40.7 Å². The van der Waals surface area contributed by atoms with E-state index < -0.39 is 0 Å². The minimum absolute atomic E-state index is 0.238. The summed E-state index contributed by atoms with van der Waals surface area (Å²) in [6, 6.07) is 10.0. The van der Waals surface area contributed by atoms with E-state index >= 15 is 0 Å². The number of benzene rings is 1. The van der Waals surface area contributed by atoms with Gasteiger partial charge in [0.1, 0.15) is 0 Å². The van der Waals surface area contributed by atoms with E-state index in [1.165, 1.54) is 0 Å². The van der Waals surface area contributed by atoms with Gasteiger partial charge >= 0.3 is 0 Å². The molecular weight excluding hydrogens is 311 g/mol. The minimum Gasteiger partial charge on any atom is -0.295 e. The lowest BCUT2D eigenvalue weighted by atomic mass is 10.1. The Balaban J connectivity index is 2.53. The molecule has 0 fully saturated rings. The molecule has 2 heteroatoms. The van der Waals surface area contributed by atoms with Gasteiger partial charge in [0.2, 0.25) is 0 Å². The molecule has 1 aromatic carbocycles. The van der Waals surface area contributed by atoms with Crippen molar-refractivity contribution in [2.45, 2.75) is 32.6 Å². The number of carbonyl (C=O) groups excluding carboxylic acids is 1. The van der Waals surface area contributed by atoms with Crippen LogP contribution in [0.1, 0.15) is 38.2 Å². The highest BCUT2D eigenvalue weighted by atomic mass is 127. The van der Waals surface area contributed by atoms with E-state index in [2.05, 4.69) is 29.5 Å². The first-order valence-electron chi connectivity index (χ1n) is 5.69. The molecule has 1 rings (SSSR count). The molecule has 1 nitrogen and oxygen atoms in total. The molecule has 0 amide bonds. The summed E-state index contributed by atoms with van der Waals surface area (Å²) in [4.78, 5) is 11.6. The van der Waals surface area contributed by atoms with Gasteiger partial charge in [0.25, 0.3) is 0 Å². The maximum Gasteiger partial charge on any atom is 0.156 e. The van der Waals surface area contributed by atoms with Crippen LogP contribution in [-0.4, -0.2) is 5.78 Å². The standard InChI is InChI=1S/C14H17IO/c1-2-3-5-10-13(16)11-14(15)12-8-6-4-7-9-12/h4,6-9,11H,2-3,5,10H2,1H3/b14-11+. The van der Waals surface area contributed by atoms with Gasteiger partial charge in [0, 0.05) is 10.0 Å². The number of hydrogen-bond donors (Lipinski definition) is 0. The molecule has 0 atom stereocenters. The van der Waals surface area contributed by atoms with Gasteiger partial charge in [-0.15, -0.1) is 0 Å². The third-order valence-electron chi connectivity index (χ3n) is 2.36. The van der Waals surface area contributed by atoms with Gasteiger partial charge in [0.15, 0.2) is 5.78 Å². The molecule has 0 saturated heterocycles. The summed E-state index contributed by atoms with van der Waals surface area (Å²) in [7, 11) is 0. The molecule has 0 aliphatic heterocycles. The van der Waals surface area contributed by atoms with Crippen LogP contribution in [0.2, 0.25) is 0 Å². The van der Waals surface area contributed by atoms with E-state index in [-0.39, 0.29) is 5.78 Å².